The van der Waals surface area contributed by atoms with Gasteiger partial charge in [-0.2, -0.15) is 0 Å². The van der Waals surface area contributed by atoms with Gasteiger partial charge in [0.1, 0.15) is 6.26 Å². The number of aryl methyl sites for hydroxylation is 1. The minimum absolute atomic E-state index is 0.0467. The second kappa shape index (κ2) is 10.5. The normalized spacial score (nSPS) is 15.8. The van der Waals surface area contributed by atoms with E-state index in [9.17, 15) is 19.5 Å². The minimum atomic E-state index is -1.20. The molecule has 33 heavy (non-hydrogen) atoms. The Morgan fingerprint density at radius 2 is 1.67 bits per heavy atom. The number of hydrogen-bond acceptors (Lipinski definition) is 8. The van der Waals surface area contributed by atoms with Gasteiger partial charge in [0.05, 0.1) is 43.9 Å². The Bertz CT molecular complexity index is 1120. The Morgan fingerprint density at radius 1 is 1.06 bits per heavy atom. The number of rotatable bonds is 8. The van der Waals surface area contributed by atoms with Gasteiger partial charge in [-0.3, -0.25) is 4.79 Å². The Labute approximate surface area is 199 Å². The van der Waals surface area contributed by atoms with Gasteiger partial charge in [-0.25, -0.2) is 14.6 Å². The van der Waals surface area contributed by atoms with Crippen molar-refractivity contribution < 1.29 is 33.4 Å². The van der Waals surface area contributed by atoms with E-state index in [1.807, 2.05) is 0 Å². The number of dihydropyridines is 1. The number of halogens is 2. The third-order valence-electron chi connectivity index (χ3n) is 5.03. The average molecular weight is 495 g/mol. The van der Waals surface area contributed by atoms with Crippen molar-refractivity contribution in [3.8, 4) is 0 Å². The summed E-state index contributed by atoms with van der Waals surface area (Å²) < 4.78 is 15.2. The lowest BCUT2D eigenvalue weighted by Crippen LogP contribution is -2.35. The summed E-state index contributed by atoms with van der Waals surface area (Å²) in [6, 6.07) is 4.72. The van der Waals surface area contributed by atoms with Gasteiger partial charge < -0.3 is 24.3 Å². The predicted molar refractivity (Wildman–Crippen MR) is 117 cm³/mol. The number of esters is 2. The van der Waals surface area contributed by atoms with Crippen molar-refractivity contribution in [2.45, 2.75) is 25.2 Å². The first-order valence-corrected chi connectivity index (χ1v) is 10.5. The third-order valence-corrected chi connectivity index (χ3v) is 5.69. The maximum absolute atomic E-state index is 13.0. The predicted octanol–water partition coefficient (Wildman–Crippen LogP) is 3.63. The highest BCUT2D eigenvalue weighted by Gasteiger charge is 2.41. The SMILES string of the molecule is COC(=O)C1=C(CCc2ncco2)NC(CC(=O)O)=C(C(=O)OC)C1c1c(Cl)cccc1Cl. The first-order chi connectivity index (χ1) is 15.8. The molecule has 1 aromatic carbocycles. The van der Waals surface area contributed by atoms with Crippen LogP contribution in [0.2, 0.25) is 10.0 Å². The molecule has 0 spiro atoms. The molecule has 1 atom stereocenters. The molecule has 1 unspecified atom stereocenters. The summed E-state index contributed by atoms with van der Waals surface area (Å²) in [6.45, 7) is 0. The first kappa shape index (κ1) is 24.3. The molecule has 11 heteroatoms. The molecule has 2 aromatic rings. The number of nitrogens with one attached hydrogen (secondary N) is 1. The molecule has 1 aliphatic rings. The van der Waals surface area contributed by atoms with E-state index in [2.05, 4.69) is 10.3 Å². The van der Waals surface area contributed by atoms with Gasteiger partial charge in [0.15, 0.2) is 5.89 Å². The molecule has 0 saturated carbocycles. The summed E-state index contributed by atoms with van der Waals surface area (Å²) in [5.41, 5.74) is 0.568. The van der Waals surface area contributed by atoms with Gasteiger partial charge in [-0.15, -0.1) is 0 Å². The van der Waals surface area contributed by atoms with Crippen LogP contribution in [-0.2, 0) is 30.3 Å². The van der Waals surface area contributed by atoms with Gasteiger partial charge in [0.2, 0.25) is 0 Å². The number of methoxy groups -OCH3 is 2. The van der Waals surface area contributed by atoms with Gasteiger partial charge >= 0.3 is 17.9 Å². The second-order valence-corrected chi connectivity index (χ2v) is 7.77. The number of oxazole rings is 1. The molecule has 0 saturated heterocycles. The zero-order chi connectivity index (χ0) is 24.1. The van der Waals surface area contributed by atoms with E-state index in [4.69, 9.17) is 37.1 Å². The molecule has 1 aliphatic heterocycles. The van der Waals surface area contributed by atoms with Crippen LogP contribution in [0.25, 0.3) is 0 Å². The molecule has 0 radical (unpaired) electrons. The summed E-state index contributed by atoms with van der Waals surface area (Å²) in [5, 5.41) is 12.8. The fraction of sp³-hybridized carbons (Fsp3) is 0.273. The third kappa shape index (κ3) is 5.20. The highest BCUT2D eigenvalue weighted by atomic mass is 35.5. The van der Waals surface area contributed by atoms with Crippen molar-refractivity contribution >= 4 is 41.1 Å². The lowest BCUT2D eigenvalue weighted by molar-refractivity contribution is -0.137. The lowest BCUT2D eigenvalue weighted by atomic mass is 9.78. The van der Waals surface area contributed by atoms with Crippen LogP contribution in [0.1, 0.15) is 30.2 Å². The summed E-state index contributed by atoms with van der Waals surface area (Å²) in [6.07, 6.45) is 2.83. The highest BCUT2D eigenvalue weighted by molar-refractivity contribution is 6.36. The van der Waals surface area contributed by atoms with E-state index in [1.165, 1.54) is 19.6 Å². The number of aromatic nitrogens is 1. The monoisotopic (exact) mass is 494 g/mol. The fourth-order valence-electron chi connectivity index (χ4n) is 3.68. The molecule has 2 N–H and O–H groups in total. The molecule has 1 aromatic heterocycles. The molecule has 0 aliphatic carbocycles. The molecule has 9 nitrogen and oxygen atoms in total. The molecule has 0 fully saturated rings. The average Bonchev–Trinajstić information content (AvgIpc) is 3.29. The topological polar surface area (TPSA) is 128 Å². The number of hydrogen-bond donors (Lipinski definition) is 2. The van der Waals surface area contributed by atoms with Crippen molar-refractivity contribution in [2.24, 2.45) is 0 Å². The van der Waals surface area contributed by atoms with E-state index in [0.717, 1.165) is 7.11 Å². The maximum atomic E-state index is 13.0. The summed E-state index contributed by atoms with van der Waals surface area (Å²) in [5.74, 6) is -3.52. The van der Waals surface area contributed by atoms with E-state index in [-0.39, 0.29) is 45.3 Å². The van der Waals surface area contributed by atoms with Crippen LogP contribution < -0.4 is 5.32 Å². The van der Waals surface area contributed by atoms with E-state index in [1.54, 1.807) is 18.2 Å². The van der Waals surface area contributed by atoms with Crippen LogP contribution in [-0.4, -0.2) is 42.2 Å². The quantitative estimate of drug-likeness (QED) is 0.528. The molecular formula is C22H20Cl2N2O7. The van der Waals surface area contributed by atoms with Crippen molar-refractivity contribution in [3.63, 3.8) is 0 Å². The smallest absolute Gasteiger partial charge is 0.336 e. The number of benzene rings is 1. The first-order valence-electron chi connectivity index (χ1n) is 9.72. The van der Waals surface area contributed by atoms with Crippen molar-refractivity contribution in [3.05, 3.63) is 74.7 Å². The maximum Gasteiger partial charge on any atom is 0.336 e. The van der Waals surface area contributed by atoms with Crippen molar-refractivity contribution in [2.75, 3.05) is 14.2 Å². The van der Waals surface area contributed by atoms with Crippen LogP contribution in [0, 0.1) is 0 Å². The molecular weight excluding hydrogens is 475 g/mol. The molecule has 0 amide bonds. The Morgan fingerprint density at radius 3 is 2.18 bits per heavy atom. The number of aliphatic carboxylic acids is 1. The number of nitrogens with zero attached hydrogens (tertiary/aromatic N) is 1. The summed E-state index contributed by atoms with van der Waals surface area (Å²) in [7, 11) is 2.35. The second-order valence-electron chi connectivity index (χ2n) is 6.96. The number of carboxylic acids is 1. The Kier molecular flexibility index (Phi) is 7.78. The molecule has 3 rings (SSSR count). The molecule has 0 bridgehead atoms. The van der Waals surface area contributed by atoms with Crippen LogP contribution in [0.3, 0.4) is 0 Å². The number of carboxylic acid groups (broad SMARTS) is 1. The fourth-order valence-corrected chi connectivity index (χ4v) is 4.30. The summed E-state index contributed by atoms with van der Waals surface area (Å²) in [4.78, 5) is 41.5. The lowest BCUT2D eigenvalue weighted by Gasteiger charge is -2.32. The van der Waals surface area contributed by atoms with Crippen molar-refractivity contribution in [1.29, 1.82) is 0 Å². The number of carbonyl (C=O) groups is 3. The number of carbonyl (C=O) groups excluding carboxylic acids is 2. The summed E-state index contributed by atoms with van der Waals surface area (Å²) >= 11 is 12.9. The molecule has 2 heterocycles. The van der Waals surface area contributed by atoms with E-state index < -0.39 is 30.2 Å². The van der Waals surface area contributed by atoms with Gasteiger partial charge in [-0.05, 0) is 18.6 Å². The minimum Gasteiger partial charge on any atom is -0.481 e. The standard InChI is InChI=1S/C22H20Cl2N2O7/c1-31-21(29)18-13(6-7-15-25-8-9-33-15)26-14(10-16(27)28)19(22(30)32-2)20(18)17-11(23)4-3-5-12(17)24/h3-5,8-9,20,26H,6-7,10H2,1-2H3,(H,27,28). The highest BCUT2D eigenvalue weighted by Crippen LogP contribution is 2.45. The van der Waals surface area contributed by atoms with E-state index in [0.29, 0.717) is 11.6 Å². The Balaban J connectivity index is 2.28. The zero-order valence-electron chi connectivity index (χ0n) is 17.7. The number of ether oxygens (including phenoxy) is 2. The van der Waals surface area contributed by atoms with Crippen molar-refractivity contribution in [1.82, 2.24) is 10.3 Å². The van der Waals surface area contributed by atoms with Gasteiger partial charge in [0.25, 0.3) is 0 Å². The van der Waals surface area contributed by atoms with Gasteiger partial charge in [-0.1, -0.05) is 29.3 Å². The Hall–Kier alpha value is -3.30. The number of allylic oxidation sites excluding steroid dienone is 1. The van der Waals surface area contributed by atoms with Crippen LogP contribution >= 0.6 is 23.2 Å². The largest absolute Gasteiger partial charge is 0.481 e. The zero-order valence-corrected chi connectivity index (χ0v) is 19.2. The van der Waals surface area contributed by atoms with Crippen LogP contribution in [0.4, 0.5) is 0 Å². The van der Waals surface area contributed by atoms with Crippen LogP contribution in [0.15, 0.2) is 57.6 Å². The van der Waals surface area contributed by atoms with Crippen LogP contribution in [0.5, 0.6) is 0 Å². The van der Waals surface area contributed by atoms with E-state index >= 15 is 0 Å². The van der Waals surface area contributed by atoms with Gasteiger partial charge in [0, 0.05) is 33.4 Å². The molecule has 174 valence electrons.